The summed E-state index contributed by atoms with van der Waals surface area (Å²) in [5, 5.41) is 2.98. The number of anilines is 1. The number of hydrogen-bond acceptors (Lipinski definition) is 5. The standard InChI is InChI=1S/C15H24N4O2/c1-14(2,3)21-13(20)18-15(4)5-9-19(10-6-15)12-11-16-7-8-17-12/h7-8,11H,5-6,9-10H2,1-4H3,(H,18,20)/i7D. The lowest BCUT2D eigenvalue weighted by molar-refractivity contribution is 0.0448. The fourth-order valence-corrected chi connectivity index (χ4v) is 2.32. The van der Waals surface area contributed by atoms with Crippen molar-refractivity contribution in [2.75, 3.05) is 18.0 Å². The highest BCUT2D eigenvalue weighted by Crippen LogP contribution is 2.25. The van der Waals surface area contributed by atoms with Gasteiger partial charge in [0.25, 0.3) is 0 Å². The topological polar surface area (TPSA) is 67.4 Å². The highest BCUT2D eigenvalue weighted by molar-refractivity contribution is 5.68. The molecule has 1 amide bonds. The van der Waals surface area contributed by atoms with E-state index in [0.717, 1.165) is 31.7 Å². The molecule has 116 valence electrons. The quantitative estimate of drug-likeness (QED) is 0.906. The van der Waals surface area contributed by atoms with E-state index in [1.807, 2.05) is 27.7 Å². The summed E-state index contributed by atoms with van der Waals surface area (Å²) in [6, 6.07) is 0. The summed E-state index contributed by atoms with van der Waals surface area (Å²) >= 11 is 0. The Labute approximate surface area is 127 Å². The highest BCUT2D eigenvalue weighted by atomic mass is 16.6. The summed E-state index contributed by atoms with van der Waals surface area (Å²) in [6.07, 6.45) is 4.46. The lowest BCUT2D eigenvalue weighted by Crippen LogP contribution is -2.54. The molecule has 6 heteroatoms. The third-order valence-electron chi connectivity index (χ3n) is 3.50. The highest BCUT2D eigenvalue weighted by Gasteiger charge is 2.33. The number of hydrogen-bond donors (Lipinski definition) is 1. The lowest BCUT2D eigenvalue weighted by Gasteiger charge is -2.40. The van der Waals surface area contributed by atoms with Crippen LogP contribution in [0.4, 0.5) is 10.6 Å². The van der Waals surface area contributed by atoms with Crippen LogP contribution in [0.15, 0.2) is 18.6 Å². The molecule has 1 aromatic rings. The second-order valence-corrected chi connectivity index (χ2v) is 6.68. The summed E-state index contributed by atoms with van der Waals surface area (Å²) in [4.78, 5) is 22.2. The van der Waals surface area contributed by atoms with E-state index < -0.39 is 5.60 Å². The number of carbonyl (C=O) groups is 1. The van der Waals surface area contributed by atoms with Gasteiger partial charge in [-0.1, -0.05) is 0 Å². The summed E-state index contributed by atoms with van der Waals surface area (Å²) < 4.78 is 12.7. The van der Waals surface area contributed by atoms with Crippen molar-refractivity contribution in [1.82, 2.24) is 15.3 Å². The Bertz CT molecular complexity index is 519. The average Bonchev–Trinajstić information content (AvgIpc) is 2.38. The van der Waals surface area contributed by atoms with E-state index >= 15 is 0 Å². The van der Waals surface area contributed by atoms with Gasteiger partial charge in [-0.15, -0.1) is 0 Å². The molecule has 0 radical (unpaired) electrons. The molecule has 6 nitrogen and oxygen atoms in total. The minimum absolute atomic E-state index is 0.164. The van der Waals surface area contributed by atoms with Crippen molar-refractivity contribution in [3.05, 3.63) is 18.6 Å². The van der Waals surface area contributed by atoms with Crippen LogP contribution in [0.1, 0.15) is 41.9 Å². The molecule has 2 heterocycles. The molecule has 0 saturated carbocycles. The third-order valence-corrected chi connectivity index (χ3v) is 3.50. The predicted octanol–water partition coefficient (Wildman–Crippen LogP) is 2.36. The van der Waals surface area contributed by atoms with Crippen LogP contribution < -0.4 is 10.2 Å². The molecule has 0 aromatic carbocycles. The van der Waals surface area contributed by atoms with Gasteiger partial charge in [0.2, 0.25) is 0 Å². The van der Waals surface area contributed by atoms with Gasteiger partial charge in [-0.25, -0.2) is 9.78 Å². The molecule has 0 aliphatic carbocycles. The average molecular weight is 293 g/mol. The van der Waals surface area contributed by atoms with E-state index in [1.54, 1.807) is 6.20 Å². The fraction of sp³-hybridized carbons (Fsp3) is 0.667. The molecular formula is C15H24N4O2. The van der Waals surface area contributed by atoms with Crippen molar-refractivity contribution in [2.24, 2.45) is 0 Å². The van der Waals surface area contributed by atoms with E-state index in [0.29, 0.717) is 0 Å². The minimum atomic E-state index is -0.491. The predicted molar refractivity (Wildman–Crippen MR) is 81.3 cm³/mol. The maximum Gasteiger partial charge on any atom is 0.408 e. The second kappa shape index (κ2) is 5.87. The molecule has 1 saturated heterocycles. The van der Waals surface area contributed by atoms with Crippen molar-refractivity contribution >= 4 is 11.9 Å². The summed E-state index contributed by atoms with van der Waals surface area (Å²) in [5.41, 5.74) is -0.767. The zero-order chi connectivity index (χ0) is 16.4. The largest absolute Gasteiger partial charge is 0.444 e. The first-order chi connectivity index (χ1) is 10.2. The zero-order valence-corrected chi connectivity index (χ0v) is 13.1. The van der Waals surface area contributed by atoms with Crippen molar-refractivity contribution in [2.45, 2.75) is 51.7 Å². The number of carbonyl (C=O) groups excluding carboxylic acids is 1. The van der Waals surface area contributed by atoms with Crippen LogP contribution in [-0.4, -0.2) is 40.3 Å². The van der Waals surface area contributed by atoms with Gasteiger partial charge in [0.1, 0.15) is 11.4 Å². The molecule has 1 aliphatic rings. The molecule has 0 unspecified atom stereocenters. The van der Waals surface area contributed by atoms with Crippen LogP contribution >= 0.6 is 0 Å². The Kier molecular flexibility index (Phi) is 3.94. The lowest BCUT2D eigenvalue weighted by atomic mass is 9.90. The molecule has 0 atom stereocenters. The monoisotopic (exact) mass is 293 g/mol. The van der Waals surface area contributed by atoms with E-state index in [2.05, 4.69) is 20.2 Å². The molecule has 1 N–H and O–H groups in total. The van der Waals surface area contributed by atoms with Gasteiger partial charge in [0, 0.05) is 31.0 Å². The molecule has 0 bridgehead atoms. The first-order valence-electron chi connectivity index (χ1n) is 7.72. The number of rotatable bonds is 2. The van der Waals surface area contributed by atoms with Gasteiger partial charge in [-0.2, -0.15) is 0 Å². The summed E-state index contributed by atoms with van der Waals surface area (Å²) in [5.74, 6) is 0.773. The van der Waals surface area contributed by atoms with E-state index in [9.17, 15) is 4.79 Å². The Morgan fingerprint density at radius 2 is 2.14 bits per heavy atom. The Hall–Kier alpha value is -1.85. The molecular weight excluding hydrogens is 268 g/mol. The number of nitrogens with zero attached hydrogens (tertiary/aromatic N) is 3. The smallest absolute Gasteiger partial charge is 0.408 e. The minimum Gasteiger partial charge on any atom is -0.444 e. The SMILES string of the molecule is [2H]c1cnc(N2CCC(C)(NC(=O)OC(C)(C)C)CC2)cn1. The Morgan fingerprint density at radius 3 is 2.67 bits per heavy atom. The molecule has 21 heavy (non-hydrogen) atoms. The van der Waals surface area contributed by atoms with E-state index in [-0.39, 0.29) is 17.8 Å². The number of ether oxygens (including phenoxy) is 1. The maximum atomic E-state index is 11.9. The summed E-state index contributed by atoms with van der Waals surface area (Å²) in [6.45, 7) is 9.15. The number of piperidine rings is 1. The summed E-state index contributed by atoms with van der Waals surface area (Å²) in [7, 11) is 0. The number of amides is 1. The van der Waals surface area contributed by atoms with Crippen LogP contribution in [0.25, 0.3) is 0 Å². The van der Waals surface area contributed by atoms with Gasteiger partial charge < -0.3 is 15.0 Å². The number of aromatic nitrogens is 2. The second-order valence-electron chi connectivity index (χ2n) is 6.68. The zero-order valence-electron chi connectivity index (χ0n) is 14.1. The molecule has 1 aromatic heterocycles. The fourth-order valence-electron chi connectivity index (χ4n) is 2.32. The van der Waals surface area contributed by atoms with Crippen LogP contribution in [0.3, 0.4) is 0 Å². The first-order valence-corrected chi connectivity index (χ1v) is 7.22. The first kappa shape index (κ1) is 14.1. The maximum absolute atomic E-state index is 11.9. The van der Waals surface area contributed by atoms with Gasteiger partial charge in [0.15, 0.2) is 0 Å². The van der Waals surface area contributed by atoms with Crippen molar-refractivity contribution in [3.63, 3.8) is 0 Å². The van der Waals surface area contributed by atoms with Gasteiger partial charge >= 0.3 is 6.09 Å². The molecule has 1 aliphatic heterocycles. The van der Waals surface area contributed by atoms with Crippen LogP contribution in [0.2, 0.25) is 0 Å². The molecule has 2 rings (SSSR count). The molecule has 1 fully saturated rings. The Morgan fingerprint density at radius 1 is 1.48 bits per heavy atom. The Balaban J connectivity index is 1.90. The third kappa shape index (κ3) is 4.58. The number of alkyl carbamates (subject to hydrolysis) is 1. The molecule has 0 spiro atoms. The van der Waals surface area contributed by atoms with Gasteiger partial charge in [0.05, 0.1) is 7.57 Å². The van der Waals surface area contributed by atoms with Gasteiger partial charge in [-0.05, 0) is 40.5 Å². The van der Waals surface area contributed by atoms with Crippen LogP contribution in [-0.2, 0) is 4.74 Å². The van der Waals surface area contributed by atoms with E-state index in [1.165, 1.54) is 6.20 Å². The van der Waals surface area contributed by atoms with Crippen molar-refractivity contribution in [1.29, 1.82) is 0 Å². The van der Waals surface area contributed by atoms with Crippen LogP contribution in [0, 0.1) is 0 Å². The van der Waals surface area contributed by atoms with Crippen LogP contribution in [0.5, 0.6) is 0 Å². The normalized spacial score (nSPS) is 18.9. The van der Waals surface area contributed by atoms with Gasteiger partial charge in [-0.3, -0.25) is 4.98 Å². The number of nitrogens with one attached hydrogen (secondary N) is 1. The van der Waals surface area contributed by atoms with Crippen molar-refractivity contribution in [3.8, 4) is 0 Å². The van der Waals surface area contributed by atoms with E-state index in [4.69, 9.17) is 6.11 Å². The van der Waals surface area contributed by atoms with Crippen molar-refractivity contribution < 1.29 is 10.9 Å².